The summed E-state index contributed by atoms with van der Waals surface area (Å²) in [5.41, 5.74) is 17.9. The van der Waals surface area contributed by atoms with Crippen LogP contribution in [0.15, 0.2) is 29.3 Å². The molecule has 0 aliphatic carbocycles. The minimum atomic E-state index is -0.669. The number of rotatable bonds is 12. The first-order chi connectivity index (χ1) is 18.2. The fourth-order valence-electron chi connectivity index (χ4n) is 3.60. The van der Waals surface area contributed by atoms with Crippen LogP contribution >= 0.6 is 11.6 Å². The number of aromatic nitrogens is 2. The van der Waals surface area contributed by atoms with E-state index in [0.29, 0.717) is 26.2 Å². The van der Waals surface area contributed by atoms with Crippen molar-refractivity contribution >= 4 is 35.1 Å². The first-order valence-corrected chi connectivity index (χ1v) is 12.7. The van der Waals surface area contributed by atoms with Crippen molar-refractivity contribution < 1.29 is 24.1 Å². The molecule has 0 bridgehead atoms. The average Bonchev–Trinajstić information content (AvgIpc) is 2.88. The van der Waals surface area contributed by atoms with E-state index in [-0.39, 0.29) is 47.4 Å². The molecule has 0 saturated carbocycles. The van der Waals surface area contributed by atoms with Crippen LogP contribution in [0, 0.1) is 0 Å². The molecule has 208 valence electrons. The average molecular weight is 551 g/mol. The van der Waals surface area contributed by atoms with Gasteiger partial charge in [0.15, 0.2) is 34.7 Å². The summed E-state index contributed by atoms with van der Waals surface area (Å²) in [6.07, 6.45) is 1.30. The molecule has 0 radical (unpaired) electrons. The largest absolute Gasteiger partial charge is 0.492 e. The Labute approximate surface area is 226 Å². The summed E-state index contributed by atoms with van der Waals surface area (Å²) in [7, 11) is 0. The Balaban J connectivity index is 1.28. The molecule has 14 heteroatoms. The van der Waals surface area contributed by atoms with Gasteiger partial charge >= 0.3 is 0 Å². The monoisotopic (exact) mass is 550 g/mol. The first-order valence-electron chi connectivity index (χ1n) is 12.3. The zero-order chi connectivity index (χ0) is 27.5. The van der Waals surface area contributed by atoms with Crippen LogP contribution in [0.5, 0.6) is 5.75 Å². The van der Waals surface area contributed by atoms with Crippen LogP contribution in [-0.4, -0.2) is 78.3 Å². The first kappa shape index (κ1) is 29.3. The third-order valence-electron chi connectivity index (χ3n) is 5.63. The molecule has 9 N–H and O–H groups in total. The molecule has 13 nitrogen and oxygen atoms in total. The maximum Gasteiger partial charge on any atom is 0.280 e. The second-order valence-corrected chi connectivity index (χ2v) is 9.01. The lowest BCUT2D eigenvalue weighted by atomic mass is 10.1. The SMILES string of the molecule is C[C@@H]1OC[C@@H](O)[C@H](CNCCOc2ccc(CCCCN=C(N)NC(=O)c3nc(Cl)c(N)nc3N)cc2)O1. The van der Waals surface area contributed by atoms with Crippen molar-refractivity contribution in [2.45, 2.75) is 44.7 Å². The molecule has 0 unspecified atom stereocenters. The van der Waals surface area contributed by atoms with Crippen LogP contribution in [0.3, 0.4) is 0 Å². The quantitative estimate of drug-likeness (QED) is 0.121. The van der Waals surface area contributed by atoms with Gasteiger partial charge in [-0.05, 0) is 43.9 Å². The van der Waals surface area contributed by atoms with E-state index in [1.807, 2.05) is 31.2 Å². The second kappa shape index (κ2) is 14.6. The molecular weight excluding hydrogens is 516 g/mol. The number of nitrogen functional groups attached to an aromatic ring is 2. The number of nitrogens with two attached hydrogens (primary N) is 3. The van der Waals surface area contributed by atoms with E-state index in [1.54, 1.807) is 0 Å². The molecule has 3 atom stereocenters. The number of aliphatic imine (C=N–C) groups is 1. The summed E-state index contributed by atoms with van der Waals surface area (Å²) in [6.45, 7) is 4.19. The molecule has 1 saturated heterocycles. The van der Waals surface area contributed by atoms with E-state index >= 15 is 0 Å². The zero-order valence-electron chi connectivity index (χ0n) is 21.2. The lowest BCUT2D eigenvalue weighted by Gasteiger charge is -2.32. The number of anilines is 2. The standard InChI is InChI=1S/C24H35ClN8O5/c1-14-37-13-17(34)18(38-14)12-29-10-11-36-16-7-5-15(6-8-16)4-2-3-9-30-24(28)33-23(35)19-21(26)32-22(27)20(25)31-19/h5-8,14,17-18,29,34H,2-4,9-13H2,1H3,(H4,26,27,32)(H3,28,30,33,35)/t14-,17-,18+/m1/s1. The maximum atomic E-state index is 12.2. The number of aryl methyl sites for hydroxylation is 1. The van der Waals surface area contributed by atoms with Crippen molar-refractivity contribution in [3.8, 4) is 5.75 Å². The van der Waals surface area contributed by atoms with Gasteiger partial charge in [-0.2, -0.15) is 0 Å². The number of guanidine groups is 1. The highest BCUT2D eigenvalue weighted by Gasteiger charge is 2.27. The smallest absolute Gasteiger partial charge is 0.280 e. The van der Waals surface area contributed by atoms with E-state index in [9.17, 15) is 9.90 Å². The molecule has 1 aliphatic heterocycles. The summed E-state index contributed by atoms with van der Waals surface area (Å²) >= 11 is 5.79. The third-order valence-corrected chi connectivity index (χ3v) is 5.91. The number of aliphatic hydroxyl groups excluding tert-OH is 1. The summed E-state index contributed by atoms with van der Waals surface area (Å²) in [4.78, 5) is 24.0. The van der Waals surface area contributed by atoms with Crippen LogP contribution in [0.25, 0.3) is 0 Å². The van der Waals surface area contributed by atoms with E-state index in [2.05, 4.69) is 25.6 Å². The van der Waals surface area contributed by atoms with Crippen molar-refractivity contribution in [1.82, 2.24) is 20.6 Å². The molecule has 1 aliphatic rings. The summed E-state index contributed by atoms with van der Waals surface area (Å²) in [5, 5.41) is 15.4. The second-order valence-electron chi connectivity index (χ2n) is 8.65. The van der Waals surface area contributed by atoms with Crippen molar-refractivity contribution in [3.63, 3.8) is 0 Å². The fraction of sp³-hybridized carbons (Fsp3) is 0.500. The van der Waals surface area contributed by atoms with Crippen molar-refractivity contribution in [1.29, 1.82) is 0 Å². The van der Waals surface area contributed by atoms with E-state index < -0.39 is 12.0 Å². The normalized spacial score (nSPS) is 19.8. The van der Waals surface area contributed by atoms with E-state index in [0.717, 1.165) is 25.0 Å². The van der Waals surface area contributed by atoms with Gasteiger partial charge in [-0.3, -0.25) is 15.1 Å². The number of nitrogens with zero attached hydrogens (tertiary/aromatic N) is 3. The highest BCUT2D eigenvalue weighted by atomic mass is 35.5. The molecular formula is C24H35ClN8O5. The molecule has 1 amide bonds. The van der Waals surface area contributed by atoms with Gasteiger partial charge < -0.3 is 41.8 Å². The minimum Gasteiger partial charge on any atom is -0.492 e. The number of ether oxygens (including phenoxy) is 3. The zero-order valence-corrected chi connectivity index (χ0v) is 22.0. The Morgan fingerprint density at radius 2 is 2.00 bits per heavy atom. The van der Waals surface area contributed by atoms with Gasteiger partial charge in [0.25, 0.3) is 5.91 Å². The van der Waals surface area contributed by atoms with Gasteiger partial charge in [0, 0.05) is 19.6 Å². The lowest BCUT2D eigenvalue weighted by molar-refractivity contribution is -0.242. The number of hydrogen-bond acceptors (Lipinski definition) is 11. The van der Waals surface area contributed by atoms with Crippen LogP contribution in [0.2, 0.25) is 5.15 Å². The Kier molecular flexibility index (Phi) is 11.3. The lowest BCUT2D eigenvalue weighted by Crippen LogP contribution is -2.48. The maximum absolute atomic E-state index is 12.2. The molecule has 2 heterocycles. The fourth-order valence-corrected chi connectivity index (χ4v) is 3.73. The van der Waals surface area contributed by atoms with E-state index in [4.69, 9.17) is 43.0 Å². The number of aliphatic hydroxyl groups is 1. The molecule has 2 aromatic rings. The number of amides is 1. The molecule has 38 heavy (non-hydrogen) atoms. The van der Waals surface area contributed by atoms with Crippen LogP contribution in [-0.2, 0) is 15.9 Å². The summed E-state index contributed by atoms with van der Waals surface area (Å²) in [6, 6.07) is 7.92. The molecule has 3 rings (SSSR count). The Hall–Kier alpha value is -3.23. The Morgan fingerprint density at radius 3 is 2.76 bits per heavy atom. The predicted octanol–water partition coefficient (Wildman–Crippen LogP) is 0.453. The van der Waals surface area contributed by atoms with Crippen molar-refractivity contribution in [3.05, 3.63) is 40.7 Å². The highest BCUT2D eigenvalue weighted by Crippen LogP contribution is 2.17. The van der Waals surface area contributed by atoms with Crippen LogP contribution < -0.4 is 32.6 Å². The van der Waals surface area contributed by atoms with Crippen LogP contribution in [0.1, 0.15) is 35.8 Å². The number of carbonyl (C=O) groups excluding carboxylic acids is 1. The minimum absolute atomic E-state index is 0.0499. The van der Waals surface area contributed by atoms with Crippen LogP contribution in [0.4, 0.5) is 11.6 Å². The number of unbranched alkanes of at least 4 members (excludes halogenated alkanes) is 1. The third kappa shape index (κ3) is 9.26. The number of carbonyl (C=O) groups is 1. The summed E-state index contributed by atoms with van der Waals surface area (Å²) < 4.78 is 16.6. The number of halogens is 1. The van der Waals surface area contributed by atoms with Gasteiger partial charge in [0.2, 0.25) is 0 Å². The summed E-state index contributed by atoms with van der Waals surface area (Å²) in [5.74, 6) is -0.149. The molecule has 1 fully saturated rings. The molecule has 0 spiro atoms. The topological polar surface area (TPSA) is 205 Å². The van der Waals surface area contributed by atoms with Gasteiger partial charge in [-0.1, -0.05) is 23.7 Å². The van der Waals surface area contributed by atoms with Gasteiger partial charge in [0.05, 0.1) is 6.61 Å². The number of benzene rings is 1. The van der Waals surface area contributed by atoms with Gasteiger partial charge in [-0.15, -0.1) is 0 Å². The molecule has 1 aromatic heterocycles. The van der Waals surface area contributed by atoms with Crippen molar-refractivity contribution in [2.24, 2.45) is 10.7 Å². The van der Waals surface area contributed by atoms with E-state index in [1.165, 1.54) is 5.56 Å². The predicted molar refractivity (Wildman–Crippen MR) is 144 cm³/mol. The van der Waals surface area contributed by atoms with Gasteiger partial charge in [0.1, 0.15) is 24.6 Å². The number of nitrogens with one attached hydrogen (secondary N) is 2. The van der Waals surface area contributed by atoms with Crippen molar-refractivity contribution in [2.75, 3.05) is 44.3 Å². The number of hydrogen-bond donors (Lipinski definition) is 6. The van der Waals surface area contributed by atoms with Gasteiger partial charge in [-0.25, -0.2) is 9.97 Å². The Bertz CT molecular complexity index is 1090. The highest BCUT2D eigenvalue weighted by molar-refractivity contribution is 6.31. The molecule has 1 aromatic carbocycles. The Morgan fingerprint density at radius 1 is 1.24 bits per heavy atom.